The van der Waals surface area contributed by atoms with Crippen LogP contribution in [0.5, 0.6) is 0 Å². The van der Waals surface area contributed by atoms with Crippen LogP contribution < -0.4 is 0 Å². The quantitative estimate of drug-likeness (QED) is 0.462. The van der Waals surface area contributed by atoms with Gasteiger partial charge in [0.15, 0.2) is 0 Å². The van der Waals surface area contributed by atoms with Crippen molar-refractivity contribution in [2.24, 2.45) is 0 Å². The Hall–Kier alpha value is -2.19. The van der Waals surface area contributed by atoms with E-state index in [1.807, 2.05) is 48.6 Å². The third-order valence-electron chi connectivity index (χ3n) is 3.15. The Morgan fingerprint density at radius 2 is 1.27 bits per heavy atom. The van der Waals surface area contributed by atoms with Crippen molar-refractivity contribution in [3.8, 4) is 0 Å². The lowest BCUT2D eigenvalue weighted by Crippen LogP contribution is -2.48. The lowest BCUT2D eigenvalue weighted by Gasteiger charge is -2.35. The molecule has 0 aliphatic carbocycles. The molecule has 0 saturated carbocycles. The zero-order valence-corrected chi connectivity index (χ0v) is 13.7. The number of aromatic nitrogens is 1. The van der Waals surface area contributed by atoms with Crippen molar-refractivity contribution in [3.63, 3.8) is 0 Å². The summed E-state index contributed by atoms with van der Waals surface area (Å²) in [7, 11) is 0. The van der Waals surface area contributed by atoms with E-state index in [1.165, 1.54) is 0 Å². The van der Waals surface area contributed by atoms with E-state index >= 15 is 0 Å². The summed E-state index contributed by atoms with van der Waals surface area (Å²) in [6, 6.07) is 5.88. The second-order valence-electron chi connectivity index (χ2n) is 5.04. The number of hydrogen-bond acceptors (Lipinski definition) is 1. The van der Waals surface area contributed by atoms with Crippen LogP contribution in [0.15, 0.2) is 87.7 Å². The predicted octanol–water partition coefficient (Wildman–Crippen LogP) is 4.36. The molecule has 1 heterocycles. The molecule has 22 heavy (non-hydrogen) atoms. The average Bonchev–Trinajstić information content (AvgIpc) is 2.50. The van der Waals surface area contributed by atoms with Gasteiger partial charge in [0.1, 0.15) is 0 Å². The minimum absolute atomic E-state index is 0.862. The molecule has 2 heteroatoms. The number of hydrogen-bond donors (Lipinski definition) is 0. The van der Waals surface area contributed by atoms with E-state index in [0.717, 1.165) is 42.8 Å². The van der Waals surface area contributed by atoms with E-state index in [4.69, 9.17) is 0 Å². The summed E-state index contributed by atoms with van der Waals surface area (Å²) in [4.78, 5) is 4.10. The van der Waals surface area contributed by atoms with E-state index in [-0.39, 0.29) is 0 Å². The first-order chi connectivity index (χ1) is 10.7. The maximum Gasteiger partial charge on any atom is 0.0978 e. The van der Waals surface area contributed by atoms with Gasteiger partial charge in [-0.25, -0.2) is 0 Å². The Labute approximate surface area is 136 Å². The van der Waals surface area contributed by atoms with Crippen LogP contribution in [-0.2, 0) is 6.42 Å². The molecule has 1 aromatic heterocycles. The molecule has 0 aliphatic rings. The normalized spacial score (nSPS) is 9.82. The van der Waals surface area contributed by atoms with E-state index < -0.39 is 0 Å². The zero-order chi connectivity index (χ0) is 16.7. The first-order valence-electron chi connectivity index (χ1n) is 7.47. The molecule has 0 fully saturated rings. The molecular formula is C20H29N2+. The minimum atomic E-state index is 0.862. The van der Waals surface area contributed by atoms with Crippen molar-refractivity contribution in [2.45, 2.75) is 6.42 Å². The largest absolute Gasteiger partial charge is 0.311 e. The van der Waals surface area contributed by atoms with Gasteiger partial charge in [0.25, 0.3) is 0 Å². The number of quaternary nitrogens is 1. The molecule has 0 atom stereocenters. The van der Waals surface area contributed by atoms with E-state index in [9.17, 15) is 0 Å². The standard InChI is InChI=1S/C12H20N.C8H9N/c1-5-9-13(10-6-2,11-7-3)12-8-4;1-2-5-8-6-3-4-7-9-8/h5-8H,1-4,9-12H2;2-4,6-7H,1,5H2/q+1;. The Bertz CT molecular complexity index is 414. The number of allylic oxidation sites excluding steroid dienone is 1. The maximum absolute atomic E-state index is 4.10. The van der Waals surface area contributed by atoms with Crippen LogP contribution in [0.4, 0.5) is 0 Å². The first-order valence-corrected chi connectivity index (χ1v) is 7.47. The van der Waals surface area contributed by atoms with Crippen LogP contribution >= 0.6 is 0 Å². The number of pyridine rings is 1. The summed E-state index contributed by atoms with van der Waals surface area (Å²) in [6.07, 6.45) is 12.3. The maximum atomic E-state index is 4.10. The van der Waals surface area contributed by atoms with Crippen molar-refractivity contribution in [1.29, 1.82) is 0 Å². The third kappa shape index (κ3) is 8.18. The van der Waals surface area contributed by atoms with Crippen LogP contribution in [0.3, 0.4) is 0 Å². The van der Waals surface area contributed by atoms with Gasteiger partial charge in [0, 0.05) is 18.3 Å². The molecule has 0 spiro atoms. The van der Waals surface area contributed by atoms with Gasteiger partial charge in [0.05, 0.1) is 26.2 Å². The summed E-state index contributed by atoms with van der Waals surface area (Å²) in [5, 5.41) is 0. The van der Waals surface area contributed by atoms with Gasteiger partial charge < -0.3 is 4.48 Å². The van der Waals surface area contributed by atoms with Gasteiger partial charge in [-0.3, -0.25) is 4.98 Å². The molecule has 0 unspecified atom stereocenters. The fourth-order valence-corrected chi connectivity index (χ4v) is 2.21. The van der Waals surface area contributed by atoms with Crippen molar-refractivity contribution in [2.75, 3.05) is 26.2 Å². The fraction of sp³-hybridized carbons (Fsp3) is 0.250. The molecule has 1 rings (SSSR count). The highest BCUT2D eigenvalue weighted by Gasteiger charge is 2.20. The predicted molar refractivity (Wildman–Crippen MR) is 98.7 cm³/mol. The first kappa shape index (κ1) is 19.8. The lowest BCUT2D eigenvalue weighted by atomic mass is 10.3. The molecular weight excluding hydrogens is 268 g/mol. The van der Waals surface area contributed by atoms with Crippen LogP contribution in [0.2, 0.25) is 0 Å². The van der Waals surface area contributed by atoms with Gasteiger partial charge in [-0.2, -0.15) is 0 Å². The topological polar surface area (TPSA) is 12.9 Å². The summed E-state index contributed by atoms with van der Waals surface area (Å²) in [5.74, 6) is 0. The van der Waals surface area contributed by atoms with Crippen molar-refractivity contribution in [1.82, 2.24) is 4.98 Å². The zero-order valence-electron chi connectivity index (χ0n) is 13.7. The van der Waals surface area contributed by atoms with E-state index in [1.54, 1.807) is 6.20 Å². The summed E-state index contributed by atoms with van der Waals surface area (Å²) >= 11 is 0. The second-order valence-corrected chi connectivity index (χ2v) is 5.04. The monoisotopic (exact) mass is 297 g/mol. The number of rotatable bonds is 10. The highest BCUT2D eigenvalue weighted by molar-refractivity contribution is 5.06. The van der Waals surface area contributed by atoms with Gasteiger partial charge in [-0.1, -0.05) is 38.5 Å². The highest BCUT2D eigenvalue weighted by atomic mass is 15.3. The van der Waals surface area contributed by atoms with E-state index in [2.05, 4.69) is 37.9 Å². The molecule has 0 aromatic carbocycles. The minimum Gasteiger partial charge on any atom is -0.311 e. The third-order valence-corrected chi connectivity index (χ3v) is 3.15. The van der Waals surface area contributed by atoms with Crippen LogP contribution in [-0.4, -0.2) is 35.6 Å². The van der Waals surface area contributed by atoms with Crippen LogP contribution in [0.1, 0.15) is 5.69 Å². The highest BCUT2D eigenvalue weighted by Crippen LogP contribution is 2.07. The molecule has 0 amide bonds. The van der Waals surface area contributed by atoms with Gasteiger partial charge >= 0.3 is 0 Å². The van der Waals surface area contributed by atoms with Gasteiger partial charge in [-0.15, -0.1) is 6.58 Å². The summed E-state index contributed by atoms with van der Waals surface area (Å²) in [5.41, 5.74) is 1.08. The summed E-state index contributed by atoms with van der Waals surface area (Å²) < 4.78 is 0.903. The molecule has 2 nitrogen and oxygen atoms in total. The van der Waals surface area contributed by atoms with Gasteiger partial charge in [-0.05, 0) is 36.4 Å². The molecule has 0 saturated heterocycles. The van der Waals surface area contributed by atoms with Crippen molar-refractivity contribution < 1.29 is 4.48 Å². The molecule has 0 radical (unpaired) electrons. The van der Waals surface area contributed by atoms with Crippen molar-refractivity contribution >= 4 is 0 Å². The Kier molecular flexibility index (Phi) is 11.3. The SMILES string of the molecule is C=CC[N+](CC=C)(CC=C)CC=C.C=CCc1ccccn1. The fourth-order valence-electron chi connectivity index (χ4n) is 2.21. The molecule has 1 aromatic rings. The second kappa shape index (κ2) is 12.5. The Balaban J connectivity index is 0.000000425. The van der Waals surface area contributed by atoms with E-state index in [0.29, 0.717) is 0 Å². The molecule has 0 aliphatic heterocycles. The molecule has 0 N–H and O–H groups in total. The van der Waals surface area contributed by atoms with Crippen LogP contribution in [0, 0.1) is 0 Å². The average molecular weight is 297 g/mol. The number of nitrogens with zero attached hydrogens (tertiary/aromatic N) is 2. The smallest absolute Gasteiger partial charge is 0.0978 e. The summed E-state index contributed by atoms with van der Waals surface area (Å²) in [6.45, 7) is 22.4. The van der Waals surface area contributed by atoms with Gasteiger partial charge in [0.2, 0.25) is 0 Å². The Morgan fingerprint density at radius 1 is 0.773 bits per heavy atom. The van der Waals surface area contributed by atoms with Crippen molar-refractivity contribution in [3.05, 3.63) is 93.4 Å². The lowest BCUT2D eigenvalue weighted by molar-refractivity contribution is -0.906. The Morgan fingerprint density at radius 3 is 1.59 bits per heavy atom. The van der Waals surface area contributed by atoms with Crippen LogP contribution in [0.25, 0.3) is 0 Å². The molecule has 0 bridgehead atoms. The molecule has 118 valence electrons.